The van der Waals surface area contributed by atoms with Crippen molar-refractivity contribution in [3.05, 3.63) is 53.6 Å². The Morgan fingerprint density at radius 2 is 2.20 bits per heavy atom. The number of carbonyl (C=O) groups is 2. The summed E-state index contributed by atoms with van der Waals surface area (Å²) < 4.78 is 14.9. The summed E-state index contributed by atoms with van der Waals surface area (Å²) in [6, 6.07) is 5.80. The molecule has 1 fully saturated rings. The number of hydrogen-bond acceptors (Lipinski definition) is 3. The molecule has 0 saturated carbocycles. The Labute approximate surface area is 145 Å². The molecule has 132 valence electrons. The Morgan fingerprint density at radius 3 is 2.88 bits per heavy atom. The Balaban J connectivity index is 1.75. The number of aryl methyl sites for hydroxylation is 1. The summed E-state index contributed by atoms with van der Waals surface area (Å²) in [7, 11) is 3.51. The number of amides is 2. The maximum atomic E-state index is 13.3. The largest absolute Gasteiger partial charge is 0.352 e. The average Bonchev–Trinajstić information content (AvgIpc) is 3.01. The third-order valence-electron chi connectivity index (χ3n) is 4.62. The van der Waals surface area contributed by atoms with Crippen LogP contribution in [0, 0.1) is 11.7 Å². The van der Waals surface area contributed by atoms with Crippen molar-refractivity contribution in [3.8, 4) is 0 Å². The van der Waals surface area contributed by atoms with Crippen LogP contribution < -0.4 is 5.32 Å². The summed E-state index contributed by atoms with van der Waals surface area (Å²) in [5.74, 6) is -0.816. The number of nitrogens with zero attached hydrogens (tertiary/aromatic N) is 3. The fraction of sp³-hybridized carbons (Fsp3) is 0.389. The van der Waals surface area contributed by atoms with E-state index in [-0.39, 0.29) is 36.1 Å². The Bertz CT molecular complexity index is 789. The number of aromatic nitrogens is 2. The molecule has 0 bridgehead atoms. The van der Waals surface area contributed by atoms with Gasteiger partial charge in [0.25, 0.3) is 0 Å². The highest BCUT2D eigenvalue weighted by molar-refractivity contribution is 5.84. The molecule has 2 atom stereocenters. The van der Waals surface area contributed by atoms with E-state index in [0.29, 0.717) is 18.4 Å². The normalized spacial score (nSPS) is 20.6. The molecule has 7 heteroatoms. The summed E-state index contributed by atoms with van der Waals surface area (Å²) in [4.78, 5) is 26.4. The van der Waals surface area contributed by atoms with Gasteiger partial charge in [-0.1, -0.05) is 12.1 Å². The fourth-order valence-corrected chi connectivity index (χ4v) is 3.33. The highest BCUT2D eigenvalue weighted by Gasteiger charge is 2.39. The molecule has 1 saturated heterocycles. The summed E-state index contributed by atoms with van der Waals surface area (Å²) >= 11 is 0. The monoisotopic (exact) mass is 344 g/mol. The second-order valence-corrected chi connectivity index (χ2v) is 6.39. The lowest BCUT2D eigenvalue weighted by Gasteiger charge is -2.37. The van der Waals surface area contributed by atoms with Crippen molar-refractivity contribution >= 4 is 11.8 Å². The predicted octanol–water partition coefficient (Wildman–Crippen LogP) is 1.79. The van der Waals surface area contributed by atoms with Gasteiger partial charge in [-0.05, 0) is 24.1 Å². The third-order valence-corrected chi connectivity index (χ3v) is 4.62. The molecule has 25 heavy (non-hydrogen) atoms. The molecule has 1 aliphatic heterocycles. The van der Waals surface area contributed by atoms with E-state index in [1.54, 1.807) is 42.0 Å². The highest BCUT2D eigenvalue weighted by Crippen LogP contribution is 2.35. The fourth-order valence-electron chi connectivity index (χ4n) is 3.33. The molecular weight excluding hydrogens is 323 g/mol. The van der Waals surface area contributed by atoms with Crippen LogP contribution in [-0.4, -0.2) is 33.5 Å². The van der Waals surface area contributed by atoms with Crippen molar-refractivity contribution in [1.82, 2.24) is 20.0 Å². The number of hydrogen-bond donors (Lipinski definition) is 1. The van der Waals surface area contributed by atoms with Gasteiger partial charge < -0.3 is 10.2 Å². The summed E-state index contributed by atoms with van der Waals surface area (Å²) in [5.41, 5.74) is 1.54. The maximum Gasteiger partial charge on any atom is 0.225 e. The smallest absolute Gasteiger partial charge is 0.225 e. The molecule has 3 rings (SSSR count). The average molecular weight is 344 g/mol. The first kappa shape index (κ1) is 17.1. The number of nitrogens with one attached hydrogen (secondary N) is 1. The first-order chi connectivity index (χ1) is 12.0. The van der Waals surface area contributed by atoms with Gasteiger partial charge in [0.1, 0.15) is 5.82 Å². The Kier molecular flexibility index (Phi) is 4.83. The van der Waals surface area contributed by atoms with E-state index in [0.717, 1.165) is 5.56 Å². The van der Waals surface area contributed by atoms with E-state index >= 15 is 0 Å². The molecule has 1 aromatic heterocycles. The van der Waals surface area contributed by atoms with Crippen LogP contribution in [0.1, 0.15) is 30.0 Å². The van der Waals surface area contributed by atoms with Crippen LogP contribution in [0.5, 0.6) is 0 Å². The summed E-state index contributed by atoms with van der Waals surface area (Å²) in [6.07, 6.45) is 4.34. The zero-order valence-electron chi connectivity index (χ0n) is 14.3. The van der Waals surface area contributed by atoms with Crippen molar-refractivity contribution in [2.45, 2.75) is 25.4 Å². The molecular formula is C18H21FN4O2. The third kappa shape index (κ3) is 3.70. The van der Waals surface area contributed by atoms with E-state index in [2.05, 4.69) is 10.4 Å². The minimum absolute atomic E-state index is 0.0167. The summed E-state index contributed by atoms with van der Waals surface area (Å²) in [5, 5.41) is 7.02. The van der Waals surface area contributed by atoms with E-state index < -0.39 is 0 Å². The Morgan fingerprint density at radius 1 is 1.40 bits per heavy atom. The molecule has 0 aliphatic carbocycles. The maximum absolute atomic E-state index is 13.3. The van der Waals surface area contributed by atoms with Gasteiger partial charge in [-0.15, -0.1) is 0 Å². The molecule has 0 radical (unpaired) electrons. The van der Waals surface area contributed by atoms with Crippen LogP contribution in [0.4, 0.5) is 4.39 Å². The number of likely N-dealkylation sites (tertiary alicyclic amines) is 1. The number of benzene rings is 1. The molecule has 6 nitrogen and oxygen atoms in total. The van der Waals surface area contributed by atoms with Crippen molar-refractivity contribution in [3.63, 3.8) is 0 Å². The van der Waals surface area contributed by atoms with E-state index in [1.807, 2.05) is 6.20 Å². The van der Waals surface area contributed by atoms with Crippen molar-refractivity contribution in [2.24, 2.45) is 13.0 Å². The zero-order valence-corrected chi connectivity index (χ0v) is 14.3. The number of piperidine rings is 1. The second-order valence-electron chi connectivity index (χ2n) is 6.39. The SMILES string of the molecule is CN1C(=O)CCC(C(=O)NCc2cccc(F)c2)C1c1cnn(C)c1. The van der Waals surface area contributed by atoms with E-state index in [4.69, 9.17) is 0 Å². The highest BCUT2D eigenvalue weighted by atomic mass is 19.1. The van der Waals surface area contributed by atoms with Crippen LogP contribution in [0.15, 0.2) is 36.7 Å². The number of carbonyl (C=O) groups excluding carboxylic acids is 2. The molecule has 2 amide bonds. The number of halogens is 1. The van der Waals surface area contributed by atoms with Gasteiger partial charge in [-0.25, -0.2) is 4.39 Å². The molecule has 1 aliphatic rings. The molecule has 2 unspecified atom stereocenters. The van der Waals surface area contributed by atoms with Crippen LogP contribution >= 0.6 is 0 Å². The molecule has 1 aromatic carbocycles. The van der Waals surface area contributed by atoms with Crippen LogP contribution in [0.3, 0.4) is 0 Å². The molecule has 2 heterocycles. The lowest BCUT2D eigenvalue weighted by atomic mass is 9.85. The summed E-state index contributed by atoms with van der Waals surface area (Å²) in [6.45, 7) is 0.254. The zero-order chi connectivity index (χ0) is 18.0. The molecule has 2 aromatic rings. The van der Waals surface area contributed by atoms with E-state index in [9.17, 15) is 14.0 Å². The molecule has 1 N–H and O–H groups in total. The van der Waals surface area contributed by atoms with Crippen molar-refractivity contribution in [2.75, 3.05) is 7.05 Å². The van der Waals surface area contributed by atoms with Gasteiger partial charge in [-0.2, -0.15) is 5.10 Å². The minimum atomic E-state index is -0.361. The lowest BCUT2D eigenvalue weighted by Crippen LogP contribution is -2.46. The first-order valence-electron chi connectivity index (χ1n) is 8.22. The predicted molar refractivity (Wildman–Crippen MR) is 89.7 cm³/mol. The standard InChI is InChI=1S/C18H21FN4O2/c1-22-11-13(10-21-22)17-15(6-7-16(24)23(17)2)18(25)20-9-12-4-3-5-14(19)8-12/h3-5,8,10-11,15,17H,6-7,9H2,1-2H3,(H,20,25). The van der Waals surface area contributed by atoms with Crippen LogP contribution in [-0.2, 0) is 23.2 Å². The molecule has 0 spiro atoms. The van der Waals surface area contributed by atoms with Crippen LogP contribution in [0.25, 0.3) is 0 Å². The van der Waals surface area contributed by atoms with Crippen molar-refractivity contribution in [1.29, 1.82) is 0 Å². The number of rotatable bonds is 4. The first-order valence-corrected chi connectivity index (χ1v) is 8.22. The van der Waals surface area contributed by atoms with Gasteiger partial charge >= 0.3 is 0 Å². The van der Waals surface area contributed by atoms with Gasteiger partial charge in [0.2, 0.25) is 11.8 Å². The second kappa shape index (κ2) is 7.04. The topological polar surface area (TPSA) is 67.2 Å². The van der Waals surface area contributed by atoms with Gasteiger partial charge in [0.15, 0.2) is 0 Å². The van der Waals surface area contributed by atoms with E-state index in [1.165, 1.54) is 12.1 Å². The quantitative estimate of drug-likeness (QED) is 0.919. The Hall–Kier alpha value is -2.70. The lowest BCUT2D eigenvalue weighted by molar-refractivity contribution is -0.141. The van der Waals surface area contributed by atoms with Gasteiger partial charge in [0.05, 0.1) is 18.2 Å². The van der Waals surface area contributed by atoms with Gasteiger partial charge in [-0.3, -0.25) is 14.3 Å². The van der Waals surface area contributed by atoms with Gasteiger partial charge in [0, 0.05) is 38.8 Å². The van der Waals surface area contributed by atoms with Crippen molar-refractivity contribution < 1.29 is 14.0 Å². The van der Waals surface area contributed by atoms with Crippen LogP contribution in [0.2, 0.25) is 0 Å². The minimum Gasteiger partial charge on any atom is -0.352 e.